The van der Waals surface area contributed by atoms with E-state index in [-0.39, 0.29) is 17.9 Å². The van der Waals surface area contributed by atoms with Crippen LogP contribution in [0.4, 0.5) is 11.4 Å². The number of carbonyl (C=O) groups is 2. The molecule has 0 radical (unpaired) electrons. The number of hydrogen-bond donors (Lipinski definition) is 2. The van der Waals surface area contributed by atoms with Gasteiger partial charge in [-0.3, -0.25) is 9.59 Å². The average molecular weight is 374 g/mol. The first-order valence-corrected chi connectivity index (χ1v) is 9.23. The summed E-state index contributed by atoms with van der Waals surface area (Å²) in [6.45, 7) is 3.32. The summed E-state index contributed by atoms with van der Waals surface area (Å²) < 4.78 is 1.88. The second-order valence-electron chi connectivity index (χ2n) is 6.74. The maximum Gasteiger partial charge on any atom is 0.293 e. The second-order valence-corrected chi connectivity index (χ2v) is 6.74. The van der Waals surface area contributed by atoms with E-state index < -0.39 is 0 Å². The van der Waals surface area contributed by atoms with Crippen molar-refractivity contribution < 1.29 is 14.2 Å². The smallest absolute Gasteiger partial charge is 0.293 e. The van der Waals surface area contributed by atoms with Crippen LogP contribution in [0.15, 0.2) is 79.1 Å². The fraction of sp³-hybridized carbons (Fsp3) is 0.174. The molecule has 1 aromatic heterocycles. The summed E-state index contributed by atoms with van der Waals surface area (Å²) in [6.07, 6.45) is 4.73. The molecule has 2 N–H and O–H groups in total. The van der Waals surface area contributed by atoms with Crippen LogP contribution in [0.25, 0.3) is 0 Å². The molecule has 1 atom stereocenters. The quantitative estimate of drug-likeness (QED) is 0.646. The van der Waals surface area contributed by atoms with Crippen molar-refractivity contribution in [3.8, 4) is 0 Å². The second kappa shape index (κ2) is 8.95. The van der Waals surface area contributed by atoms with Crippen molar-refractivity contribution in [1.29, 1.82) is 0 Å². The maximum atomic E-state index is 12.5. The summed E-state index contributed by atoms with van der Waals surface area (Å²) in [4.78, 5) is 23.6. The van der Waals surface area contributed by atoms with E-state index in [9.17, 15) is 9.59 Å². The van der Waals surface area contributed by atoms with Gasteiger partial charge in [0, 0.05) is 37.4 Å². The molecule has 0 unspecified atom stereocenters. The highest BCUT2D eigenvalue weighted by atomic mass is 16.2. The van der Waals surface area contributed by atoms with Crippen LogP contribution in [0.5, 0.6) is 0 Å². The van der Waals surface area contributed by atoms with Crippen molar-refractivity contribution in [3.05, 3.63) is 90.3 Å². The van der Waals surface area contributed by atoms with Gasteiger partial charge in [-0.1, -0.05) is 30.3 Å². The van der Waals surface area contributed by atoms with Crippen molar-refractivity contribution in [1.82, 2.24) is 0 Å². The van der Waals surface area contributed by atoms with E-state index in [0.29, 0.717) is 11.4 Å². The van der Waals surface area contributed by atoms with Crippen molar-refractivity contribution in [2.75, 3.05) is 10.6 Å². The first-order valence-electron chi connectivity index (χ1n) is 9.23. The predicted octanol–water partition coefficient (Wildman–Crippen LogP) is 3.72. The number of pyridine rings is 1. The molecular formula is C23H24N3O2+. The van der Waals surface area contributed by atoms with Crippen LogP contribution >= 0.6 is 0 Å². The average Bonchev–Trinajstić information content (AvgIpc) is 2.70. The summed E-state index contributed by atoms with van der Waals surface area (Å²) in [7, 11) is 0. The lowest BCUT2D eigenvalue weighted by molar-refractivity contribution is -0.705. The van der Waals surface area contributed by atoms with Crippen molar-refractivity contribution in [2.45, 2.75) is 26.3 Å². The Morgan fingerprint density at radius 2 is 1.36 bits per heavy atom. The Labute approximate surface area is 165 Å². The lowest BCUT2D eigenvalue weighted by Gasteiger charge is -2.10. The molecule has 0 bridgehead atoms. The minimum atomic E-state index is -0.346. The molecule has 0 spiro atoms. The topological polar surface area (TPSA) is 62.1 Å². The third-order valence-electron chi connectivity index (χ3n) is 4.47. The van der Waals surface area contributed by atoms with Gasteiger partial charge in [0.1, 0.15) is 0 Å². The normalized spacial score (nSPS) is 11.5. The summed E-state index contributed by atoms with van der Waals surface area (Å²) in [5.41, 5.74) is 3.84. The zero-order valence-electron chi connectivity index (χ0n) is 16.1. The highest BCUT2D eigenvalue weighted by Crippen LogP contribution is 2.15. The van der Waals surface area contributed by atoms with E-state index in [1.165, 1.54) is 18.1 Å². The lowest BCUT2D eigenvalue weighted by atomic mass is 10.1. The van der Waals surface area contributed by atoms with Gasteiger partial charge in [-0.25, -0.2) is 0 Å². The molecule has 0 aliphatic rings. The van der Waals surface area contributed by atoms with E-state index in [0.717, 1.165) is 6.42 Å². The van der Waals surface area contributed by atoms with Gasteiger partial charge in [0.05, 0.1) is 0 Å². The van der Waals surface area contributed by atoms with Gasteiger partial charge in [0.15, 0.2) is 12.4 Å². The van der Waals surface area contributed by atoms with Gasteiger partial charge >= 0.3 is 0 Å². The highest BCUT2D eigenvalue weighted by Gasteiger charge is 2.21. The Balaban J connectivity index is 1.60. The number of rotatable bonds is 6. The van der Waals surface area contributed by atoms with Gasteiger partial charge in [0.25, 0.3) is 5.91 Å². The molecule has 1 heterocycles. The largest absolute Gasteiger partial charge is 0.326 e. The summed E-state index contributed by atoms with van der Waals surface area (Å²) in [5, 5.41) is 5.60. The van der Waals surface area contributed by atoms with Crippen LogP contribution in [0, 0.1) is 0 Å². The Morgan fingerprint density at radius 3 is 1.93 bits per heavy atom. The molecule has 2 aromatic carbocycles. The number of hydrogen-bond acceptors (Lipinski definition) is 2. The number of nitrogens with zero attached hydrogens (tertiary/aromatic N) is 1. The predicted molar refractivity (Wildman–Crippen MR) is 110 cm³/mol. The zero-order valence-corrected chi connectivity index (χ0v) is 16.1. The number of amides is 2. The fourth-order valence-electron chi connectivity index (χ4n) is 2.90. The van der Waals surface area contributed by atoms with E-state index in [1.54, 1.807) is 24.3 Å². The molecule has 3 rings (SSSR count). The molecule has 0 saturated carbocycles. The molecule has 5 heteroatoms. The van der Waals surface area contributed by atoms with Crippen LogP contribution in [0.3, 0.4) is 0 Å². The van der Waals surface area contributed by atoms with Crippen molar-refractivity contribution >= 4 is 23.2 Å². The number of nitrogens with one attached hydrogen (secondary N) is 2. The van der Waals surface area contributed by atoms with E-state index in [4.69, 9.17) is 0 Å². The standard InChI is InChI=1S/C23H23N3O2/c1-17(23(28)25-22-10-8-21(9-11-22)24-18(2)27)26-14-12-20(13-15-26)16-19-6-4-3-5-7-19/h3-15,17H,16H2,1-2H3,(H-,24,25,27,28)/p+1/t17-/m0/s1. The first-order chi connectivity index (χ1) is 13.5. The molecule has 3 aromatic rings. The van der Waals surface area contributed by atoms with Crippen molar-refractivity contribution in [3.63, 3.8) is 0 Å². The maximum absolute atomic E-state index is 12.5. The highest BCUT2D eigenvalue weighted by molar-refractivity contribution is 5.93. The SMILES string of the molecule is CC(=O)Nc1ccc(NC(=O)[C@H](C)[n+]2ccc(Cc3ccccc3)cc2)cc1. The van der Waals surface area contributed by atoms with Crippen molar-refractivity contribution in [2.24, 2.45) is 0 Å². The van der Waals surface area contributed by atoms with Crippen LogP contribution in [0.1, 0.15) is 31.0 Å². The molecule has 0 aliphatic heterocycles. The molecule has 142 valence electrons. The van der Waals surface area contributed by atoms with Gasteiger partial charge in [-0.15, -0.1) is 0 Å². The van der Waals surface area contributed by atoms with Crippen LogP contribution in [0.2, 0.25) is 0 Å². The molecule has 0 saturated heterocycles. The van der Waals surface area contributed by atoms with Crippen LogP contribution in [-0.4, -0.2) is 11.8 Å². The Hall–Kier alpha value is -3.47. The third-order valence-corrected chi connectivity index (χ3v) is 4.47. The van der Waals surface area contributed by atoms with Gasteiger partial charge in [-0.05, 0) is 41.8 Å². The van der Waals surface area contributed by atoms with E-state index in [1.807, 2.05) is 54.2 Å². The molecular weight excluding hydrogens is 350 g/mol. The fourth-order valence-corrected chi connectivity index (χ4v) is 2.90. The molecule has 2 amide bonds. The van der Waals surface area contributed by atoms with Gasteiger partial charge < -0.3 is 10.6 Å². The Kier molecular flexibility index (Phi) is 6.17. The lowest BCUT2D eigenvalue weighted by Crippen LogP contribution is -2.44. The third kappa shape index (κ3) is 5.27. The van der Waals surface area contributed by atoms with E-state index in [2.05, 4.69) is 22.8 Å². The summed E-state index contributed by atoms with van der Waals surface area (Å²) in [6, 6.07) is 21.1. The summed E-state index contributed by atoms with van der Waals surface area (Å²) in [5.74, 6) is -0.231. The Morgan fingerprint density at radius 1 is 0.821 bits per heavy atom. The number of benzene rings is 2. The molecule has 0 aliphatic carbocycles. The number of anilines is 2. The van der Waals surface area contributed by atoms with Gasteiger partial charge in [-0.2, -0.15) is 4.57 Å². The minimum absolute atomic E-state index is 0.104. The molecule has 0 fully saturated rings. The number of aromatic nitrogens is 1. The van der Waals surface area contributed by atoms with Crippen LogP contribution in [-0.2, 0) is 16.0 Å². The first kappa shape index (κ1) is 19.3. The zero-order chi connectivity index (χ0) is 19.9. The molecule has 5 nitrogen and oxygen atoms in total. The molecule has 28 heavy (non-hydrogen) atoms. The monoisotopic (exact) mass is 374 g/mol. The minimum Gasteiger partial charge on any atom is -0.326 e. The Bertz CT molecular complexity index is 936. The summed E-state index contributed by atoms with van der Waals surface area (Å²) >= 11 is 0. The number of carbonyl (C=O) groups excluding carboxylic acids is 2. The van der Waals surface area contributed by atoms with E-state index >= 15 is 0 Å². The van der Waals surface area contributed by atoms with Gasteiger partial charge in [0.2, 0.25) is 11.9 Å². The van der Waals surface area contributed by atoms with Crippen LogP contribution < -0.4 is 15.2 Å².